The highest BCUT2D eigenvalue weighted by Gasteiger charge is 2.50. The van der Waals surface area contributed by atoms with E-state index in [0.717, 1.165) is 39.0 Å². The highest BCUT2D eigenvalue weighted by atomic mass is 19.1. The first-order valence-corrected chi connectivity index (χ1v) is 14.0. The summed E-state index contributed by atoms with van der Waals surface area (Å²) in [7, 11) is 0. The maximum atomic E-state index is 14.2. The van der Waals surface area contributed by atoms with Crippen LogP contribution in [0.1, 0.15) is 71.2 Å². The predicted octanol–water partition coefficient (Wildman–Crippen LogP) is 4.58. The molecule has 2 aromatic rings. The van der Waals surface area contributed by atoms with Gasteiger partial charge in [0.2, 0.25) is 0 Å². The Labute approximate surface area is 230 Å². The third-order valence-corrected chi connectivity index (χ3v) is 8.02. The summed E-state index contributed by atoms with van der Waals surface area (Å²) >= 11 is 0. The summed E-state index contributed by atoms with van der Waals surface area (Å²) in [4.78, 5) is 35.7. The van der Waals surface area contributed by atoms with Crippen molar-refractivity contribution in [3.63, 3.8) is 0 Å². The number of hydrogen-bond acceptors (Lipinski definition) is 8. The first-order valence-electron chi connectivity index (χ1n) is 14.0. The second-order valence-electron chi connectivity index (χ2n) is 11.6. The summed E-state index contributed by atoms with van der Waals surface area (Å²) in [6.07, 6.45) is 3.92. The van der Waals surface area contributed by atoms with E-state index in [4.69, 9.17) is 4.74 Å². The molecular formula is C29H41FN6O3. The highest BCUT2D eigenvalue weighted by molar-refractivity contribution is 5.97. The predicted molar refractivity (Wildman–Crippen MR) is 148 cm³/mol. The molecule has 9 nitrogen and oxygen atoms in total. The topological polar surface area (TPSA) is 91.8 Å². The van der Waals surface area contributed by atoms with Gasteiger partial charge in [-0.3, -0.25) is 9.69 Å². The molecule has 1 spiro atoms. The number of anilines is 1. The van der Waals surface area contributed by atoms with Crippen LogP contribution in [0.15, 0.2) is 24.5 Å². The minimum Gasteiger partial charge on any atom is -0.434 e. The average Bonchev–Trinajstić information content (AvgIpc) is 3.30. The fraction of sp³-hybridized carbons (Fsp3) is 0.621. The molecular weight excluding hydrogens is 499 g/mol. The van der Waals surface area contributed by atoms with Gasteiger partial charge in [-0.2, -0.15) is 0 Å². The van der Waals surface area contributed by atoms with Crippen molar-refractivity contribution in [2.24, 2.45) is 11.3 Å². The van der Waals surface area contributed by atoms with Crippen molar-refractivity contribution in [2.45, 2.75) is 72.9 Å². The summed E-state index contributed by atoms with van der Waals surface area (Å²) in [5.41, 5.74) is 0.293. The van der Waals surface area contributed by atoms with E-state index in [9.17, 15) is 14.0 Å². The van der Waals surface area contributed by atoms with Gasteiger partial charge in [0.15, 0.2) is 5.82 Å². The van der Waals surface area contributed by atoms with E-state index in [0.29, 0.717) is 30.7 Å². The fourth-order valence-electron chi connectivity index (χ4n) is 6.01. The zero-order valence-electron chi connectivity index (χ0n) is 24.0. The molecule has 4 rings (SSSR count). The van der Waals surface area contributed by atoms with E-state index in [-0.39, 0.29) is 40.3 Å². The third kappa shape index (κ3) is 6.37. The molecule has 0 aliphatic carbocycles. The lowest BCUT2D eigenvalue weighted by atomic mass is 9.76. The Bertz CT molecular complexity index is 1180. The van der Waals surface area contributed by atoms with E-state index in [1.165, 1.54) is 24.5 Å². The maximum Gasteiger partial charge on any atom is 0.282 e. The van der Waals surface area contributed by atoms with Crippen LogP contribution in [-0.4, -0.2) is 81.5 Å². The first kappa shape index (κ1) is 28.9. The van der Waals surface area contributed by atoms with Crippen LogP contribution in [-0.2, 0) is 4.79 Å². The van der Waals surface area contributed by atoms with Crippen molar-refractivity contribution in [3.8, 4) is 11.6 Å². The summed E-state index contributed by atoms with van der Waals surface area (Å²) in [6.45, 7) is 15.9. The number of ketones is 1. The lowest BCUT2D eigenvalue weighted by Gasteiger charge is -2.52. The van der Waals surface area contributed by atoms with E-state index in [2.05, 4.69) is 38.8 Å². The summed E-state index contributed by atoms with van der Waals surface area (Å²) < 4.78 is 20.3. The van der Waals surface area contributed by atoms with Gasteiger partial charge in [-0.25, -0.2) is 9.37 Å². The number of benzene rings is 1. The molecule has 0 N–H and O–H groups in total. The molecule has 2 fully saturated rings. The van der Waals surface area contributed by atoms with E-state index in [1.54, 1.807) is 11.8 Å². The van der Waals surface area contributed by atoms with Gasteiger partial charge in [-0.1, -0.05) is 13.8 Å². The van der Waals surface area contributed by atoms with Crippen LogP contribution < -0.4 is 9.64 Å². The average molecular weight is 541 g/mol. The number of carbonyl (C=O) groups is 2. The Morgan fingerprint density at radius 1 is 1.18 bits per heavy atom. The number of ether oxygens (including phenoxy) is 1. The fourth-order valence-corrected chi connectivity index (χ4v) is 6.01. The summed E-state index contributed by atoms with van der Waals surface area (Å²) in [5, 5.41) is 8.13. The van der Waals surface area contributed by atoms with Gasteiger partial charge >= 0.3 is 0 Å². The Balaban J connectivity index is 1.50. The molecule has 0 saturated carbocycles. The molecule has 0 radical (unpaired) electrons. The highest BCUT2D eigenvalue weighted by Crippen LogP contribution is 2.44. The first-order chi connectivity index (χ1) is 18.5. The summed E-state index contributed by atoms with van der Waals surface area (Å²) in [6, 6.07) is 4.28. The number of carbonyl (C=O) groups excluding carboxylic acids is 2. The molecule has 212 valence electrons. The Kier molecular flexibility index (Phi) is 8.83. The molecule has 0 bridgehead atoms. The molecule has 3 heterocycles. The molecule has 2 aliphatic heterocycles. The number of aromatic nitrogens is 3. The monoisotopic (exact) mass is 540 g/mol. The molecule has 2 aliphatic rings. The van der Waals surface area contributed by atoms with Gasteiger partial charge in [-0.15, -0.1) is 10.2 Å². The smallest absolute Gasteiger partial charge is 0.282 e. The Hall–Kier alpha value is -3.14. The van der Waals surface area contributed by atoms with Crippen molar-refractivity contribution in [3.05, 3.63) is 35.9 Å². The van der Waals surface area contributed by atoms with E-state index >= 15 is 0 Å². The van der Waals surface area contributed by atoms with Crippen LogP contribution in [0.3, 0.4) is 0 Å². The number of hydrogen-bond donors (Lipinski definition) is 0. The molecule has 2 saturated heterocycles. The number of likely N-dealkylation sites (tertiary alicyclic amines) is 1. The molecule has 1 aromatic heterocycles. The quantitative estimate of drug-likeness (QED) is 0.409. The molecule has 0 unspecified atom stereocenters. The van der Waals surface area contributed by atoms with Gasteiger partial charge in [0.1, 0.15) is 23.7 Å². The standard InChI is InChI=1S/C29H41FN6O3/c1-7-36(20(4)5)28(38)23-14-22(30)9-11-25(23)39-27-26(31-18-32-33-27)34-13-12-29(15-34)16-35(17-29)24(19(2)3)10-8-21(6)37/h9,11,14,18-20,24H,7-8,10,12-13,15-17H2,1-6H3/t24-/m1/s1. The second kappa shape index (κ2) is 11.9. The van der Waals surface area contributed by atoms with Gasteiger partial charge in [-0.05, 0) is 64.7 Å². The third-order valence-electron chi connectivity index (χ3n) is 8.02. The number of Topliss-reactive ketones (excluding diaryl/α,β-unsaturated/α-hetero) is 1. The zero-order valence-corrected chi connectivity index (χ0v) is 24.0. The molecule has 10 heteroatoms. The normalized spacial score (nSPS) is 17.5. The number of halogens is 1. The molecule has 1 amide bonds. The van der Waals surface area contributed by atoms with Crippen molar-refractivity contribution >= 4 is 17.5 Å². The van der Waals surface area contributed by atoms with E-state index < -0.39 is 5.82 Å². The van der Waals surface area contributed by atoms with Gasteiger partial charge in [0, 0.05) is 56.6 Å². The van der Waals surface area contributed by atoms with Crippen LogP contribution in [0.25, 0.3) is 0 Å². The van der Waals surface area contributed by atoms with Crippen LogP contribution in [0.4, 0.5) is 10.2 Å². The number of rotatable bonds is 11. The van der Waals surface area contributed by atoms with Crippen LogP contribution in [0.2, 0.25) is 0 Å². The maximum absolute atomic E-state index is 14.2. The van der Waals surface area contributed by atoms with Gasteiger partial charge in [0.05, 0.1) is 5.56 Å². The minimum atomic E-state index is -0.512. The van der Waals surface area contributed by atoms with E-state index in [1.807, 2.05) is 20.8 Å². The van der Waals surface area contributed by atoms with Crippen LogP contribution in [0.5, 0.6) is 11.6 Å². The molecule has 1 atom stereocenters. The summed E-state index contributed by atoms with van der Waals surface area (Å²) in [5.74, 6) is 0.887. The number of nitrogens with zero attached hydrogens (tertiary/aromatic N) is 6. The van der Waals surface area contributed by atoms with Gasteiger partial charge in [0.25, 0.3) is 11.8 Å². The van der Waals surface area contributed by atoms with Crippen molar-refractivity contribution in [1.82, 2.24) is 25.0 Å². The van der Waals surface area contributed by atoms with Crippen molar-refractivity contribution in [1.29, 1.82) is 0 Å². The Morgan fingerprint density at radius 3 is 2.56 bits per heavy atom. The van der Waals surface area contributed by atoms with Gasteiger partial charge < -0.3 is 19.3 Å². The molecule has 1 aromatic carbocycles. The van der Waals surface area contributed by atoms with Crippen molar-refractivity contribution in [2.75, 3.05) is 37.6 Å². The second-order valence-corrected chi connectivity index (χ2v) is 11.6. The largest absolute Gasteiger partial charge is 0.434 e. The van der Waals surface area contributed by atoms with Crippen LogP contribution >= 0.6 is 0 Å². The Morgan fingerprint density at radius 2 is 1.92 bits per heavy atom. The van der Waals surface area contributed by atoms with Crippen molar-refractivity contribution < 1.29 is 18.7 Å². The SMILES string of the molecule is CCN(C(=O)c1cc(F)ccc1Oc1nncnc1N1CCC2(C1)CN([C@H](CCC(C)=O)C(C)C)C2)C(C)C. The lowest BCUT2D eigenvalue weighted by Crippen LogP contribution is -2.62. The minimum absolute atomic E-state index is 0.0482. The molecule has 39 heavy (non-hydrogen) atoms. The lowest BCUT2D eigenvalue weighted by molar-refractivity contribution is -0.117. The zero-order chi connectivity index (χ0) is 28.3. The van der Waals surface area contributed by atoms with Crippen LogP contribution in [0, 0.1) is 17.2 Å². The number of amides is 1.